The molecule has 7 rings (SSSR count). The minimum absolute atomic E-state index is 0.204. The number of hydrogen-bond donors (Lipinski definition) is 0. The van der Waals surface area contributed by atoms with Crippen molar-refractivity contribution in [2.24, 2.45) is 0 Å². The van der Waals surface area contributed by atoms with Crippen molar-refractivity contribution in [2.45, 2.75) is 19.1 Å². The second-order valence-corrected chi connectivity index (χ2v) is 10.7. The number of benzene rings is 5. The van der Waals surface area contributed by atoms with Crippen LogP contribution in [0.25, 0.3) is 44.5 Å². The minimum Gasteiger partial charge on any atom is -0.491 e. The summed E-state index contributed by atoms with van der Waals surface area (Å²) in [7, 11) is 0. The molecule has 41 heavy (non-hydrogen) atoms. The third kappa shape index (κ3) is 5.90. The molecule has 2 fully saturated rings. The molecule has 4 nitrogen and oxygen atoms in total. The third-order valence-corrected chi connectivity index (χ3v) is 7.64. The average Bonchev–Trinajstić information content (AvgIpc) is 3.96. The summed E-state index contributed by atoms with van der Waals surface area (Å²) < 4.78 is 22.9. The van der Waals surface area contributed by atoms with E-state index < -0.39 is 0 Å². The van der Waals surface area contributed by atoms with Crippen molar-refractivity contribution in [3.8, 4) is 56.0 Å². The lowest BCUT2D eigenvalue weighted by Crippen LogP contribution is -2.05. The zero-order valence-corrected chi connectivity index (χ0v) is 23.1. The normalized spacial score (nSPS) is 17.2. The first-order valence-electron chi connectivity index (χ1n) is 14.2. The molecule has 4 heteroatoms. The molecule has 5 aromatic carbocycles. The SMILES string of the molecule is Cc1cc(-c2ccc(-c3ccc(OCC4CO4)c(-c4ccccc4)c3)cc2-c2ccccc2)ccc1OCC1CO1. The van der Waals surface area contributed by atoms with Gasteiger partial charge < -0.3 is 18.9 Å². The van der Waals surface area contributed by atoms with Crippen molar-refractivity contribution in [3.05, 3.63) is 121 Å². The highest BCUT2D eigenvalue weighted by atomic mass is 16.6. The second-order valence-electron chi connectivity index (χ2n) is 10.7. The van der Waals surface area contributed by atoms with E-state index in [4.69, 9.17) is 18.9 Å². The predicted molar refractivity (Wildman–Crippen MR) is 163 cm³/mol. The van der Waals surface area contributed by atoms with Crippen molar-refractivity contribution < 1.29 is 18.9 Å². The van der Waals surface area contributed by atoms with E-state index in [-0.39, 0.29) is 12.2 Å². The van der Waals surface area contributed by atoms with E-state index in [0.29, 0.717) is 13.2 Å². The van der Waals surface area contributed by atoms with Crippen LogP contribution in [-0.4, -0.2) is 38.6 Å². The molecule has 0 radical (unpaired) electrons. The van der Waals surface area contributed by atoms with Crippen LogP contribution in [0.5, 0.6) is 11.5 Å². The number of epoxide rings is 2. The molecule has 2 heterocycles. The van der Waals surface area contributed by atoms with E-state index in [2.05, 4.69) is 116 Å². The molecule has 0 saturated carbocycles. The molecule has 0 aliphatic carbocycles. The van der Waals surface area contributed by atoms with Crippen LogP contribution in [0.4, 0.5) is 0 Å². The van der Waals surface area contributed by atoms with Gasteiger partial charge in [-0.1, -0.05) is 84.9 Å². The highest BCUT2D eigenvalue weighted by Gasteiger charge is 2.24. The maximum atomic E-state index is 6.19. The molecule has 2 aliphatic heterocycles. The summed E-state index contributed by atoms with van der Waals surface area (Å²) in [5.41, 5.74) is 10.4. The molecule has 2 atom stereocenters. The predicted octanol–water partition coefficient (Wildman–Crippen LogP) is 8.22. The fraction of sp³-hybridized carbons (Fsp3) is 0.189. The number of ether oxygens (including phenoxy) is 4. The molecule has 0 N–H and O–H groups in total. The van der Waals surface area contributed by atoms with Crippen molar-refractivity contribution in [1.82, 2.24) is 0 Å². The van der Waals surface area contributed by atoms with E-state index in [1.54, 1.807) is 0 Å². The fourth-order valence-corrected chi connectivity index (χ4v) is 5.18. The number of rotatable bonds is 10. The lowest BCUT2D eigenvalue weighted by atomic mass is 9.89. The summed E-state index contributed by atoms with van der Waals surface area (Å²) >= 11 is 0. The molecule has 0 spiro atoms. The van der Waals surface area contributed by atoms with Crippen LogP contribution in [0, 0.1) is 6.92 Å². The lowest BCUT2D eigenvalue weighted by Gasteiger charge is -2.17. The highest BCUT2D eigenvalue weighted by molar-refractivity contribution is 5.88. The van der Waals surface area contributed by atoms with Crippen LogP contribution in [0.2, 0.25) is 0 Å². The Morgan fingerprint density at radius 3 is 1.63 bits per heavy atom. The van der Waals surface area contributed by atoms with Gasteiger partial charge in [-0.05, 0) is 81.8 Å². The zero-order valence-electron chi connectivity index (χ0n) is 23.1. The Balaban J connectivity index is 1.27. The smallest absolute Gasteiger partial charge is 0.127 e. The molecule has 0 aromatic heterocycles. The van der Waals surface area contributed by atoms with Crippen LogP contribution >= 0.6 is 0 Å². The molecule has 204 valence electrons. The Morgan fingerprint density at radius 1 is 0.512 bits per heavy atom. The first-order valence-corrected chi connectivity index (χ1v) is 14.2. The van der Waals surface area contributed by atoms with Crippen molar-refractivity contribution in [1.29, 1.82) is 0 Å². The van der Waals surface area contributed by atoms with E-state index in [0.717, 1.165) is 52.5 Å². The summed E-state index contributed by atoms with van der Waals surface area (Å²) in [5, 5.41) is 0. The van der Waals surface area contributed by atoms with Crippen molar-refractivity contribution >= 4 is 0 Å². The Labute approximate surface area is 241 Å². The van der Waals surface area contributed by atoms with Crippen LogP contribution in [0.15, 0.2) is 115 Å². The van der Waals surface area contributed by atoms with Gasteiger partial charge >= 0.3 is 0 Å². The average molecular weight is 541 g/mol. The maximum Gasteiger partial charge on any atom is 0.127 e. The van der Waals surface area contributed by atoms with Gasteiger partial charge in [0, 0.05) is 5.56 Å². The van der Waals surface area contributed by atoms with Gasteiger partial charge in [0.15, 0.2) is 0 Å². The summed E-state index contributed by atoms with van der Waals surface area (Å²) in [6, 6.07) is 40.7. The van der Waals surface area contributed by atoms with Gasteiger partial charge in [0.05, 0.1) is 13.2 Å². The maximum absolute atomic E-state index is 6.19. The molecular formula is C37H32O4. The molecule has 2 unspecified atom stereocenters. The molecular weight excluding hydrogens is 508 g/mol. The van der Waals surface area contributed by atoms with Gasteiger partial charge in [-0.3, -0.25) is 0 Å². The van der Waals surface area contributed by atoms with Gasteiger partial charge in [-0.2, -0.15) is 0 Å². The highest BCUT2D eigenvalue weighted by Crippen LogP contribution is 2.40. The molecule has 0 amide bonds. The molecule has 0 bridgehead atoms. The van der Waals surface area contributed by atoms with Gasteiger partial charge in [0.1, 0.15) is 36.9 Å². The third-order valence-electron chi connectivity index (χ3n) is 7.64. The minimum atomic E-state index is 0.204. The first-order chi connectivity index (χ1) is 20.2. The molecule has 5 aromatic rings. The summed E-state index contributed by atoms with van der Waals surface area (Å²) in [6.07, 6.45) is 0.442. The Morgan fingerprint density at radius 2 is 1.02 bits per heavy atom. The van der Waals surface area contributed by atoms with Gasteiger partial charge in [-0.15, -0.1) is 0 Å². The molecule has 2 aliphatic rings. The fourth-order valence-electron chi connectivity index (χ4n) is 5.18. The number of hydrogen-bond acceptors (Lipinski definition) is 4. The van der Waals surface area contributed by atoms with Crippen LogP contribution < -0.4 is 9.47 Å². The summed E-state index contributed by atoms with van der Waals surface area (Å²) in [6.45, 7) is 4.85. The van der Waals surface area contributed by atoms with E-state index in [1.165, 1.54) is 22.3 Å². The monoisotopic (exact) mass is 540 g/mol. The van der Waals surface area contributed by atoms with Crippen LogP contribution in [0.3, 0.4) is 0 Å². The standard InChI is InChI=1S/C37H32O4/c1-25-18-30(14-16-36(25)40-23-31-21-38-31)33-15-12-28(19-34(33)26-8-4-2-5-9-26)29-13-17-37(41-24-32-22-39-32)35(20-29)27-10-6-3-7-11-27/h2-20,31-32H,21-24H2,1H3. The Hall–Kier alpha value is -4.38. The van der Waals surface area contributed by atoms with Crippen LogP contribution in [-0.2, 0) is 9.47 Å². The summed E-state index contributed by atoms with van der Waals surface area (Å²) in [4.78, 5) is 0. The Bertz CT molecular complexity index is 1650. The quantitative estimate of drug-likeness (QED) is 0.167. The lowest BCUT2D eigenvalue weighted by molar-refractivity contribution is 0.262. The first kappa shape index (κ1) is 25.6. The van der Waals surface area contributed by atoms with E-state index in [1.807, 2.05) is 6.07 Å². The molecule has 2 saturated heterocycles. The Kier molecular flexibility index (Phi) is 7.01. The largest absolute Gasteiger partial charge is 0.491 e. The second kappa shape index (κ2) is 11.2. The van der Waals surface area contributed by atoms with E-state index >= 15 is 0 Å². The zero-order chi connectivity index (χ0) is 27.6. The summed E-state index contributed by atoms with van der Waals surface area (Å²) in [5.74, 6) is 1.78. The number of aryl methyl sites for hydroxylation is 1. The van der Waals surface area contributed by atoms with Gasteiger partial charge in [-0.25, -0.2) is 0 Å². The van der Waals surface area contributed by atoms with Gasteiger partial charge in [0.2, 0.25) is 0 Å². The van der Waals surface area contributed by atoms with Crippen molar-refractivity contribution in [2.75, 3.05) is 26.4 Å². The van der Waals surface area contributed by atoms with E-state index in [9.17, 15) is 0 Å². The van der Waals surface area contributed by atoms with Crippen molar-refractivity contribution in [3.63, 3.8) is 0 Å². The van der Waals surface area contributed by atoms with Gasteiger partial charge in [0.25, 0.3) is 0 Å². The topological polar surface area (TPSA) is 43.5 Å². The van der Waals surface area contributed by atoms with Crippen LogP contribution in [0.1, 0.15) is 5.56 Å².